The number of benzene rings is 4. The minimum absolute atomic E-state index is 0. The number of nitrogens with one attached hydrogen (secondary N) is 1. The molecule has 3 aromatic carbocycles. The molecule has 7 rings (SSSR count). The molecule has 0 radical (unpaired) electrons. The van der Waals surface area contributed by atoms with Gasteiger partial charge in [-0.15, -0.1) is 0 Å². The van der Waals surface area contributed by atoms with Crippen LogP contribution in [0.2, 0.25) is 5.28 Å². The Balaban J connectivity index is 0.00000374. The van der Waals surface area contributed by atoms with E-state index in [1.54, 1.807) is 41.0 Å². The van der Waals surface area contributed by atoms with Crippen LogP contribution >= 0.6 is 11.6 Å². The molecule has 19 nitrogen and oxygen atoms in total. The summed E-state index contributed by atoms with van der Waals surface area (Å²) in [7, 11) is -12.0. The van der Waals surface area contributed by atoms with Gasteiger partial charge in [0.25, 0.3) is 0 Å². The van der Waals surface area contributed by atoms with Crippen molar-refractivity contribution in [1.29, 1.82) is 0 Å². The number of nitrogens with zero attached hydrogens (tertiary/aromatic N) is 7. The number of anilines is 2. The van der Waals surface area contributed by atoms with Crippen LogP contribution in [0, 0.1) is 0 Å². The van der Waals surface area contributed by atoms with E-state index in [0.717, 1.165) is 12.1 Å². The SMILES string of the molecule is CCN(Cc1cccc(S(=O)(=O)[O-])c1)c1ccc2nc3ccc(=[N+]=C4C=CC(Nc5nc(Cl)nc(OC)n5)=CC4=S(=O)([O-])O)cc-3n(-c3ccc(S(=O)(=O)[O-])c(OC)c3)c2c1.[Na+].[Na+]. The number of hydrogen-bond acceptors (Lipinski definition) is 16. The third-order valence-electron chi connectivity index (χ3n) is 9.14. The maximum absolute atomic E-state index is 12.7. The van der Waals surface area contributed by atoms with Gasteiger partial charge in [0.15, 0.2) is 0 Å². The van der Waals surface area contributed by atoms with Crippen LogP contribution in [0.3, 0.4) is 0 Å². The summed E-state index contributed by atoms with van der Waals surface area (Å²) in [6.07, 6.45) is 3.91. The predicted octanol–water partition coefficient (Wildman–Crippen LogP) is -3.14. The Morgan fingerprint density at radius 1 is 0.857 bits per heavy atom. The van der Waals surface area contributed by atoms with Gasteiger partial charge in [0.05, 0.1) is 58.2 Å². The van der Waals surface area contributed by atoms with Gasteiger partial charge in [-0.25, -0.2) is 21.8 Å². The summed E-state index contributed by atoms with van der Waals surface area (Å²) < 4.78 is 124. The maximum Gasteiger partial charge on any atom is 1.00 e. The molecule has 4 aromatic rings. The van der Waals surface area contributed by atoms with E-state index in [2.05, 4.69) is 24.9 Å². The monoisotopic (exact) mass is 952 g/mol. The Morgan fingerprint density at radius 3 is 2.29 bits per heavy atom. The third-order valence-corrected chi connectivity index (χ3v) is 11.9. The van der Waals surface area contributed by atoms with E-state index in [0.29, 0.717) is 45.9 Å². The van der Waals surface area contributed by atoms with Crippen molar-refractivity contribution in [2.75, 3.05) is 31.0 Å². The number of rotatable bonds is 11. The quantitative estimate of drug-likeness (QED) is 0.0427. The largest absolute Gasteiger partial charge is 1.00 e. The van der Waals surface area contributed by atoms with Crippen molar-refractivity contribution in [2.24, 2.45) is 0 Å². The van der Waals surface area contributed by atoms with E-state index in [4.69, 9.17) is 26.1 Å². The Labute approximate surface area is 410 Å². The number of fused-ring (bicyclic) bond motifs is 2. The number of allylic oxidation sites excluding steroid dienone is 3. The number of halogens is 1. The molecule has 1 aromatic heterocycles. The smallest absolute Gasteiger partial charge is 0.756 e. The van der Waals surface area contributed by atoms with Gasteiger partial charge in [0, 0.05) is 52.8 Å². The number of hydrogen-bond donors (Lipinski definition) is 2. The van der Waals surface area contributed by atoms with Gasteiger partial charge >= 0.3 is 76.2 Å². The van der Waals surface area contributed by atoms with E-state index >= 15 is 0 Å². The molecule has 0 spiro atoms. The number of methoxy groups -OCH3 is 2. The summed E-state index contributed by atoms with van der Waals surface area (Å²) in [5, 5.41) is 2.79. The summed E-state index contributed by atoms with van der Waals surface area (Å²) in [6.45, 7) is 2.53. The third kappa shape index (κ3) is 11.4. The molecule has 0 saturated heterocycles. The zero-order valence-corrected chi connectivity index (χ0v) is 41.1. The molecule has 2 heterocycles. The molecule has 63 heavy (non-hydrogen) atoms. The first-order valence-corrected chi connectivity index (χ1v) is 22.3. The molecule has 2 N–H and O–H groups in total. The molecule has 0 bridgehead atoms. The van der Waals surface area contributed by atoms with Gasteiger partial charge in [0.2, 0.25) is 11.2 Å². The Kier molecular flexibility index (Phi) is 15.7. The van der Waals surface area contributed by atoms with Crippen LogP contribution < -0.4 is 88.8 Å². The van der Waals surface area contributed by atoms with Crippen molar-refractivity contribution in [2.45, 2.75) is 23.3 Å². The van der Waals surface area contributed by atoms with Gasteiger partial charge in [-0.3, -0.25) is 4.21 Å². The zero-order chi connectivity index (χ0) is 43.9. The topological polar surface area (TPSA) is 279 Å². The molecule has 316 valence electrons. The summed E-state index contributed by atoms with van der Waals surface area (Å²) >= 11 is 5.94. The van der Waals surface area contributed by atoms with Crippen LogP contribution in [0.5, 0.6) is 11.8 Å². The van der Waals surface area contributed by atoms with Crippen LogP contribution in [0.25, 0.3) is 28.1 Å². The van der Waals surface area contributed by atoms with Crippen molar-refractivity contribution in [1.82, 2.24) is 29.2 Å². The fraction of sp³-hybridized carbons (Fsp3) is 0.132. The number of aromatic nitrogens is 5. The molecule has 0 amide bonds. The van der Waals surface area contributed by atoms with Gasteiger partial charge in [-0.1, -0.05) is 16.8 Å². The molecule has 1 atom stereocenters. The first-order valence-electron chi connectivity index (χ1n) is 17.6. The van der Waals surface area contributed by atoms with Gasteiger partial charge in [0.1, 0.15) is 30.9 Å². The second kappa shape index (κ2) is 19.9. The normalized spacial score (nSPS) is 13.6. The molecule has 0 saturated carbocycles. The van der Waals surface area contributed by atoms with E-state index < -0.39 is 40.1 Å². The van der Waals surface area contributed by atoms with Crippen molar-refractivity contribution in [3.8, 4) is 28.8 Å². The minimum atomic E-state index is -4.95. The minimum Gasteiger partial charge on any atom is -0.756 e. The van der Waals surface area contributed by atoms with Gasteiger partial charge < -0.3 is 42.5 Å². The molecule has 2 aliphatic carbocycles. The molecule has 1 aliphatic heterocycles. The summed E-state index contributed by atoms with van der Waals surface area (Å²) in [5.74, 6) is -0.309. The van der Waals surface area contributed by atoms with E-state index in [9.17, 15) is 39.3 Å². The average molecular weight is 953 g/mol. The molecule has 0 fully saturated rings. The first-order chi connectivity index (χ1) is 28.8. The standard InChI is InChI=1S/C38H33ClN8O11S3.2Na/c1-4-46(21-22-6-5-7-27(16-22)59(48,49)50)25-10-14-29-32(19-25)47(26-11-15-34(60(51,52)53)33(20-26)57-2)31-17-23(8-12-28(31)42-29)40-30-13-9-24(18-35(30)61(54,55)56)41-37-43-36(39)44-38(45-37)58-3;;/h5-20H,4,21H2,1-3H3,(H4,41,42,43,44,45,48,49,50,51,52,53,54,55,56);;/q;2*+1/p-2. The van der Waals surface area contributed by atoms with E-state index in [1.807, 2.05) is 17.9 Å². The average Bonchev–Trinajstić information content (AvgIpc) is 3.21. The fourth-order valence-corrected chi connectivity index (χ4v) is 8.39. The molecule has 1 unspecified atom stereocenters. The van der Waals surface area contributed by atoms with Crippen molar-refractivity contribution in [3.63, 3.8) is 0 Å². The van der Waals surface area contributed by atoms with Crippen LogP contribution in [0.15, 0.2) is 113 Å². The Morgan fingerprint density at radius 2 is 1.62 bits per heavy atom. The van der Waals surface area contributed by atoms with Crippen LogP contribution in [-0.2, 0) is 36.9 Å². The van der Waals surface area contributed by atoms with Crippen molar-refractivity contribution in [3.05, 3.63) is 119 Å². The predicted molar refractivity (Wildman–Crippen MR) is 222 cm³/mol. The Hall–Kier alpha value is -4.20. The molecular formula is C38H31ClN8Na2O11S3. The summed E-state index contributed by atoms with van der Waals surface area (Å²) in [4.78, 5) is 17.0. The fourth-order valence-electron chi connectivity index (χ4n) is 6.42. The molecule has 3 aliphatic rings. The van der Waals surface area contributed by atoms with E-state index in [1.165, 1.54) is 56.7 Å². The number of ether oxygens (including phenoxy) is 2. The second-order valence-corrected chi connectivity index (χ2v) is 17.5. The van der Waals surface area contributed by atoms with Crippen molar-refractivity contribution < 1.29 is 108 Å². The van der Waals surface area contributed by atoms with Crippen LogP contribution in [-0.4, -0.2) is 95.1 Å². The van der Waals surface area contributed by atoms with Crippen molar-refractivity contribution >= 4 is 75.2 Å². The van der Waals surface area contributed by atoms with Crippen LogP contribution in [0.1, 0.15) is 12.5 Å². The van der Waals surface area contributed by atoms with Crippen LogP contribution in [0.4, 0.5) is 11.6 Å². The zero-order valence-electron chi connectivity index (χ0n) is 33.9. The van der Waals surface area contributed by atoms with Gasteiger partial charge in [-0.05, 0) is 84.8 Å². The molecule has 25 heteroatoms. The van der Waals surface area contributed by atoms with Gasteiger partial charge in [-0.2, -0.15) is 15.0 Å². The second-order valence-electron chi connectivity index (χ2n) is 13.0. The maximum atomic E-state index is 12.7. The van der Waals surface area contributed by atoms with E-state index in [-0.39, 0.29) is 110 Å². The molecular weight excluding hydrogens is 922 g/mol. The Bertz CT molecular complexity index is 3270. The first kappa shape index (κ1) is 49.8. The summed E-state index contributed by atoms with van der Waals surface area (Å²) in [6, 6.07) is 19.6. The summed E-state index contributed by atoms with van der Waals surface area (Å²) in [5.41, 5.74) is 3.27.